The third-order valence-corrected chi connectivity index (χ3v) is 4.57. The molecule has 0 fully saturated rings. The Kier molecular flexibility index (Phi) is 7.34. The minimum atomic E-state index is -0.410. The molecule has 6 nitrogen and oxygen atoms in total. The van der Waals surface area contributed by atoms with Crippen molar-refractivity contribution in [1.82, 2.24) is 5.43 Å². The lowest BCUT2D eigenvalue weighted by Crippen LogP contribution is -2.24. The number of hydrazone groups is 1. The van der Waals surface area contributed by atoms with Gasteiger partial charge in [-0.3, -0.25) is 4.79 Å². The number of nitrogens with zero attached hydrogens (tertiary/aromatic N) is 1. The molecule has 7 heteroatoms. The Labute approximate surface area is 182 Å². The van der Waals surface area contributed by atoms with Gasteiger partial charge in [0, 0.05) is 4.47 Å². The first-order valence-corrected chi connectivity index (χ1v) is 9.89. The molecule has 0 saturated carbocycles. The second-order valence-electron chi connectivity index (χ2n) is 6.31. The van der Waals surface area contributed by atoms with Gasteiger partial charge < -0.3 is 9.47 Å². The van der Waals surface area contributed by atoms with Gasteiger partial charge in [-0.05, 0) is 72.6 Å². The van der Waals surface area contributed by atoms with Crippen LogP contribution in [0, 0.1) is 6.92 Å². The summed E-state index contributed by atoms with van der Waals surface area (Å²) in [5, 5.41) is 3.90. The summed E-state index contributed by atoms with van der Waals surface area (Å²) in [7, 11) is 0. The van der Waals surface area contributed by atoms with Crippen LogP contribution in [-0.2, 0) is 4.79 Å². The van der Waals surface area contributed by atoms with Crippen molar-refractivity contribution in [2.45, 2.75) is 6.92 Å². The summed E-state index contributed by atoms with van der Waals surface area (Å²) in [5.41, 5.74) is 4.51. The van der Waals surface area contributed by atoms with Gasteiger partial charge in [-0.15, -0.1) is 0 Å². The van der Waals surface area contributed by atoms with Crippen molar-refractivity contribution in [2.75, 3.05) is 6.61 Å². The maximum Gasteiger partial charge on any atom is 0.343 e. The zero-order chi connectivity index (χ0) is 21.3. The predicted octanol–water partition coefficient (Wildman–Crippen LogP) is 4.51. The average molecular weight is 467 g/mol. The number of nitrogens with one attached hydrogen (secondary N) is 1. The molecule has 0 spiro atoms. The Bertz CT molecular complexity index is 1050. The summed E-state index contributed by atoms with van der Waals surface area (Å²) in [6.07, 6.45) is 1.49. The highest BCUT2D eigenvalue weighted by molar-refractivity contribution is 9.10. The van der Waals surface area contributed by atoms with E-state index in [1.165, 1.54) is 6.21 Å². The SMILES string of the molecule is Cc1ccccc1C(=O)Oc1ccc(/C=N\NC(=O)COc2ccc(Br)cc2)cc1. The monoisotopic (exact) mass is 466 g/mol. The van der Waals surface area contributed by atoms with E-state index in [1.54, 1.807) is 48.5 Å². The number of benzene rings is 3. The highest BCUT2D eigenvalue weighted by Gasteiger charge is 2.10. The van der Waals surface area contributed by atoms with Crippen molar-refractivity contribution in [1.29, 1.82) is 0 Å². The van der Waals surface area contributed by atoms with Crippen molar-refractivity contribution in [3.8, 4) is 11.5 Å². The Morgan fingerprint density at radius 1 is 0.967 bits per heavy atom. The molecular weight excluding hydrogens is 448 g/mol. The van der Waals surface area contributed by atoms with E-state index in [-0.39, 0.29) is 12.5 Å². The molecule has 0 aromatic heterocycles. The van der Waals surface area contributed by atoms with Crippen molar-refractivity contribution in [3.63, 3.8) is 0 Å². The fourth-order valence-electron chi connectivity index (χ4n) is 2.48. The molecule has 0 aliphatic heterocycles. The van der Waals surface area contributed by atoms with Gasteiger partial charge in [0.15, 0.2) is 6.61 Å². The van der Waals surface area contributed by atoms with E-state index in [9.17, 15) is 9.59 Å². The van der Waals surface area contributed by atoms with E-state index in [1.807, 2.05) is 31.2 Å². The van der Waals surface area contributed by atoms with Crippen LogP contribution in [0.3, 0.4) is 0 Å². The van der Waals surface area contributed by atoms with Gasteiger partial charge in [0.2, 0.25) is 0 Å². The minimum absolute atomic E-state index is 0.146. The fourth-order valence-corrected chi connectivity index (χ4v) is 2.74. The zero-order valence-electron chi connectivity index (χ0n) is 16.2. The van der Waals surface area contributed by atoms with Gasteiger partial charge in [0.1, 0.15) is 11.5 Å². The smallest absolute Gasteiger partial charge is 0.343 e. The number of hydrogen-bond donors (Lipinski definition) is 1. The molecule has 0 saturated heterocycles. The summed E-state index contributed by atoms with van der Waals surface area (Å²) in [6.45, 7) is 1.71. The molecule has 1 amide bonds. The van der Waals surface area contributed by atoms with E-state index in [0.29, 0.717) is 17.1 Å². The van der Waals surface area contributed by atoms with Crippen LogP contribution in [0.5, 0.6) is 11.5 Å². The summed E-state index contributed by atoms with van der Waals surface area (Å²) < 4.78 is 11.7. The van der Waals surface area contributed by atoms with Crippen LogP contribution in [0.2, 0.25) is 0 Å². The van der Waals surface area contributed by atoms with Crippen LogP contribution in [0.15, 0.2) is 82.4 Å². The van der Waals surface area contributed by atoms with E-state index in [0.717, 1.165) is 15.6 Å². The van der Waals surface area contributed by atoms with Crippen molar-refractivity contribution >= 4 is 34.0 Å². The summed E-state index contributed by atoms with van der Waals surface area (Å²) in [5.74, 6) is 0.228. The number of carbonyl (C=O) groups excluding carboxylic acids is 2. The highest BCUT2D eigenvalue weighted by atomic mass is 79.9. The first-order chi connectivity index (χ1) is 14.5. The van der Waals surface area contributed by atoms with Crippen molar-refractivity contribution in [2.24, 2.45) is 5.10 Å². The Hall–Kier alpha value is -3.45. The molecule has 152 valence electrons. The Morgan fingerprint density at radius 3 is 2.33 bits per heavy atom. The third kappa shape index (κ3) is 6.28. The topological polar surface area (TPSA) is 77.0 Å². The number of amides is 1. The number of hydrogen-bond acceptors (Lipinski definition) is 5. The molecule has 1 N–H and O–H groups in total. The summed E-state index contributed by atoms with van der Waals surface area (Å²) >= 11 is 3.33. The maximum atomic E-state index is 12.2. The van der Waals surface area contributed by atoms with Gasteiger partial charge >= 0.3 is 5.97 Å². The van der Waals surface area contributed by atoms with E-state index in [2.05, 4.69) is 26.5 Å². The molecule has 3 aromatic carbocycles. The van der Waals surface area contributed by atoms with Gasteiger partial charge in [-0.2, -0.15) is 5.10 Å². The number of rotatable bonds is 7. The molecule has 0 heterocycles. The van der Waals surface area contributed by atoms with Crippen molar-refractivity contribution < 1.29 is 19.1 Å². The Balaban J connectivity index is 1.47. The lowest BCUT2D eigenvalue weighted by Gasteiger charge is -2.06. The second kappa shape index (κ2) is 10.4. The molecule has 0 atom stereocenters. The molecule has 0 aliphatic carbocycles. The predicted molar refractivity (Wildman–Crippen MR) is 118 cm³/mol. The van der Waals surface area contributed by atoms with Crippen LogP contribution in [0.1, 0.15) is 21.5 Å². The van der Waals surface area contributed by atoms with Crippen LogP contribution < -0.4 is 14.9 Å². The highest BCUT2D eigenvalue weighted by Crippen LogP contribution is 2.16. The molecule has 30 heavy (non-hydrogen) atoms. The number of esters is 1. The quantitative estimate of drug-likeness (QED) is 0.240. The van der Waals surface area contributed by atoms with E-state index in [4.69, 9.17) is 9.47 Å². The zero-order valence-corrected chi connectivity index (χ0v) is 17.8. The van der Waals surface area contributed by atoms with Gasteiger partial charge in [0.25, 0.3) is 5.91 Å². The van der Waals surface area contributed by atoms with E-state index >= 15 is 0 Å². The molecule has 3 rings (SSSR count). The third-order valence-electron chi connectivity index (χ3n) is 4.04. The lowest BCUT2D eigenvalue weighted by atomic mass is 10.1. The molecule has 0 unspecified atom stereocenters. The first-order valence-electron chi connectivity index (χ1n) is 9.09. The van der Waals surface area contributed by atoms with E-state index < -0.39 is 5.97 Å². The molecule has 0 bridgehead atoms. The normalized spacial score (nSPS) is 10.6. The fraction of sp³-hybridized carbons (Fsp3) is 0.0870. The molecule has 3 aromatic rings. The largest absolute Gasteiger partial charge is 0.484 e. The van der Waals surface area contributed by atoms with Gasteiger partial charge in [0.05, 0.1) is 11.8 Å². The number of aryl methyl sites for hydroxylation is 1. The van der Waals surface area contributed by atoms with Crippen LogP contribution in [0.4, 0.5) is 0 Å². The number of carbonyl (C=O) groups is 2. The minimum Gasteiger partial charge on any atom is -0.484 e. The molecule has 0 aliphatic rings. The summed E-state index contributed by atoms with van der Waals surface area (Å²) in [4.78, 5) is 24.0. The van der Waals surface area contributed by atoms with Crippen LogP contribution in [-0.4, -0.2) is 24.7 Å². The standard InChI is InChI=1S/C23H19BrN2O4/c1-16-4-2-3-5-21(16)23(28)30-20-10-6-17(7-11-20)14-25-26-22(27)15-29-19-12-8-18(24)9-13-19/h2-14H,15H2,1H3,(H,26,27)/b25-14-. The number of ether oxygens (including phenoxy) is 2. The van der Waals surface area contributed by atoms with Crippen molar-refractivity contribution in [3.05, 3.63) is 94.0 Å². The van der Waals surface area contributed by atoms with Gasteiger partial charge in [-0.1, -0.05) is 34.1 Å². The van der Waals surface area contributed by atoms with Crippen LogP contribution >= 0.6 is 15.9 Å². The Morgan fingerprint density at radius 2 is 1.63 bits per heavy atom. The summed E-state index contributed by atoms with van der Waals surface area (Å²) in [6, 6.07) is 21.2. The average Bonchev–Trinajstić information content (AvgIpc) is 2.75. The first kappa shape index (κ1) is 21.3. The second-order valence-corrected chi connectivity index (χ2v) is 7.22. The lowest BCUT2D eigenvalue weighted by molar-refractivity contribution is -0.123. The number of halogens is 1. The molecule has 0 radical (unpaired) electrons. The maximum absolute atomic E-state index is 12.2. The molecular formula is C23H19BrN2O4. The van der Waals surface area contributed by atoms with Crippen LogP contribution in [0.25, 0.3) is 0 Å². The van der Waals surface area contributed by atoms with Gasteiger partial charge in [-0.25, -0.2) is 10.2 Å².